The van der Waals surface area contributed by atoms with Crippen molar-refractivity contribution in [1.29, 1.82) is 0 Å². The molecule has 5 nitrogen and oxygen atoms in total. The van der Waals surface area contributed by atoms with E-state index >= 15 is 0 Å². The van der Waals surface area contributed by atoms with Gasteiger partial charge < -0.3 is 10.1 Å². The first-order valence-electron chi connectivity index (χ1n) is 7.72. The summed E-state index contributed by atoms with van der Waals surface area (Å²) < 4.78 is 7.42. The molecule has 23 heavy (non-hydrogen) atoms. The van der Waals surface area contributed by atoms with Crippen molar-refractivity contribution in [3.8, 4) is 0 Å². The zero-order valence-electron chi connectivity index (χ0n) is 13.3. The van der Waals surface area contributed by atoms with Crippen LogP contribution in [0.15, 0.2) is 24.3 Å². The number of aryl methyl sites for hydroxylation is 1. The molecule has 1 N–H and O–H groups in total. The van der Waals surface area contributed by atoms with Gasteiger partial charge in [0.1, 0.15) is 12.6 Å². The van der Waals surface area contributed by atoms with Crippen molar-refractivity contribution >= 4 is 17.5 Å². The zero-order chi connectivity index (χ0) is 16.4. The summed E-state index contributed by atoms with van der Waals surface area (Å²) in [6, 6.07) is 8.21. The van der Waals surface area contributed by atoms with Gasteiger partial charge in [0, 0.05) is 6.54 Å². The number of fused-ring (bicyclic) bond motifs is 1. The monoisotopic (exact) mass is 333 g/mol. The van der Waals surface area contributed by atoms with E-state index < -0.39 is 0 Å². The SMILES string of the molecule is Cc1nn(CC(=O)NCC2OCCc3ccccc32)c(C)c1Cl. The molecule has 0 spiro atoms. The van der Waals surface area contributed by atoms with Gasteiger partial charge in [0.25, 0.3) is 0 Å². The number of amides is 1. The third kappa shape index (κ3) is 3.41. The summed E-state index contributed by atoms with van der Waals surface area (Å²) in [5.41, 5.74) is 4.00. The molecule has 1 unspecified atom stereocenters. The second-order valence-corrected chi connectivity index (χ2v) is 6.13. The molecule has 0 saturated heterocycles. The van der Waals surface area contributed by atoms with Crippen LogP contribution in [-0.4, -0.2) is 28.8 Å². The minimum Gasteiger partial charge on any atom is -0.371 e. The number of carbonyl (C=O) groups excluding carboxylic acids is 1. The van der Waals surface area contributed by atoms with Gasteiger partial charge in [0.15, 0.2) is 0 Å². The second-order valence-electron chi connectivity index (χ2n) is 5.75. The number of rotatable bonds is 4. The molecule has 0 fully saturated rings. The molecule has 0 saturated carbocycles. The molecule has 2 heterocycles. The minimum atomic E-state index is -0.0982. The third-order valence-electron chi connectivity index (χ3n) is 4.16. The van der Waals surface area contributed by atoms with Crippen molar-refractivity contribution in [3.05, 3.63) is 51.8 Å². The number of carbonyl (C=O) groups is 1. The smallest absolute Gasteiger partial charge is 0.241 e. The van der Waals surface area contributed by atoms with E-state index in [4.69, 9.17) is 16.3 Å². The summed E-state index contributed by atoms with van der Waals surface area (Å²) in [5, 5.41) is 7.82. The fraction of sp³-hybridized carbons (Fsp3) is 0.412. The molecule has 6 heteroatoms. The van der Waals surface area contributed by atoms with E-state index in [0.717, 1.165) is 23.4 Å². The highest BCUT2D eigenvalue weighted by Gasteiger charge is 2.21. The molecular weight excluding hydrogens is 314 g/mol. The van der Waals surface area contributed by atoms with Crippen LogP contribution in [0.3, 0.4) is 0 Å². The molecule has 2 aromatic rings. The molecule has 122 valence electrons. The summed E-state index contributed by atoms with van der Waals surface area (Å²) >= 11 is 6.10. The van der Waals surface area contributed by atoms with Crippen LogP contribution < -0.4 is 5.32 Å². The van der Waals surface area contributed by atoms with Gasteiger partial charge in [-0.2, -0.15) is 5.10 Å². The Labute approximate surface area is 140 Å². The van der Waals surface area contributed by atoms with Crippen LogP contribution in [0.2, 0.25) is 5.02 Å². The fourth-order valence-electron chi connectivity index (χ4n) is 2.87. The Morgan fingerprint density at radius 3 is 2.96 bits per heavy atom. The van der Waals surface area contributed by atoms with Crippen LogP contribution in [0, 0.1) is 13.8 Å². The van der Waals surface area contributed by atoms with Gasteiger partial charge >= 0.3 is 0 Å². The normalized spacial score (nSPS) is 16.9. The lowest BCUT2D eigenvalue weighted by Crippen LogP contribution is -2.34. The number of nitrogens with one attached hydrogen (secondary N) is 1. The molecular formula is C17H20ClN3O2. The molecule has 1 aliphatic heterocycles. The lowest BCUT2D eigenvalue weighted by atomic mass is 9.97. The van der Waals surface area contributed by atoms with E-state index in [1.165, 1.54) is 5.56 Å². The summed E-state index contributed by atoms with van der Waals surface area (Å²) in [4.78, 5) is 12.2. The number of aromatic nitrogens is 2. The van der Waals surface area contributed by atoms with Gasteiger partial charge in [-0.25, -0.2) is 0 Å². The van der Waals surface area contributed by atoms with Crippen molar-refractivity contribution in [2.24, 2.45) is 0 Å². The van der Waals surface area contributed by atoms with Crippen molar-refractivity contribution in [2.75, 3.05) is 13.2 Å². The van der Waals surface area contributed by atoms with Crippen molar-refractivity contribution < 1.29 is 9.53 Å². The first-order chi connectivity index (χ1) is 11.1. The van der Waals surface area contributed by atoms with E-state index in [1.54, 1.807) is 4.68 Å². The van der Waals surface area contributed by atoms with Gasteiger partial charge in [-0.05, 0) is 31.4 Å². The van der Waals surface area contributed by atoms with Gasteiger partial charge in [-0.1, -0.05) is 35.9 Å². The number of nitrogens with zero attached hydrogens (tertiary/aromatic N) is 2. The Hall–Kier alpha value is -1.85. The van der Waals surface area contributed by atoms with E-state index in [2.05, 4.69) is 22.5 Å². The predicted molar refractivity (Wildman–Crippen MR) is 88.6 cm³/mol. The van der Waals surface area contributed by atoms with E-state index in [9.17, 15) is 4.79 Å². The second kappa shape index (κ2) is 6.72. The summed E-state index contributed by atoms with van der Waals surface area (Å²) in [5.74, 6) is -0.0982. The van der Waals surface area contributed by atoms with Gasteiger partial charge in [-0.15, -0.1) is 0 Å². The average Bonchev–Trinajstić information content (AvgIpc) is 2.80. The number of hydrogen-bond donors (Lipinski definition) is 1. The first-order valence-corrected chi connectivity index (χ1v) is 8.09. The fourth-order valence-corrected chi connectivity index (χ4v) is 3.01. The van der Waals surface area contributed by atoms with Crippen LogP contribution >= 0.6 is 11.6 Å². The van der Waals surface area contributed by atoms with Gasteiger partial charge in [0.05, 0.1) is 23.0 Å². The van der Waals surface area contributed by atoms with Crippen LogP contribution in [0.25, 0.3) is 0 Å². The number of hydrogen-bond acceptors (Lipinski definition) is 3. The highest BCUT2D eigenvalue weighted by Crippen LogP contribution is 2.26. The van der Waals surface area contributed by atoms with Crippen molar-refractivity contribution in [3.63, 3.8) is 0 Å². The predicted octanol–water partition coefficient (Wildman–Crippen LogP) is 2.58. The molecule has 1 aromatic heterocycles. The molecule has 0 aliphatic carbocycles. The maximum Gasteiger partial charge on any atom is 0.241 e. The standard InChI is InChI=1S/C17H20ClN3O2/c1-11-17(18)12(2)21(20-11)10-16(22)19-9-15-14-6-4-3-5-13(14)7-8-23-15/h3-6,15H,7-10H2,1-2H3,(H,19,22). The molecule has 1 aliphatic rings. The van der Waals surface area contributed by atoms with Crippen LogP contribution in [-0.2, 0) is 22.5 Å². The molecule has 0 radical (unpaired) electrons. The Morgan fingerprint density at radius 1 is 1.43 bits per heavy atom. The number of halogens is 1. The molecule has 1 aromatic carbocycles. The largest absolute Gasteiger partial charge is 0.371 e. The maximum atomic E-state index is 12.2. The van der Waals surface area contributed by atoms with Crippen LogP contribution in [0.1, 0.15) is 28.6 Å². The van der Waals surface area contributed by atoms with Gasteiger partial charge in [-0.3, -0.25) is 9.48 Å². The Bertz CT molecular complexity index is 727. The Balaban J connectivity index is 1.61. The van der Waals surface area contributed by atoms with Gasteiger partial charge in [0.2, 0.25) is 5.91 Å². The van der Waals surface area contributed by atoms with Crippen molar-refractivity contribution in [1.82, 2.24) is 15.1 Å². The minimum absolute atomic E-state index is 0.0899. The summed E-state index contributed by atoms with van der Waals surface area (Å²) in [7, 11) is 0. The topological polar surface area (TPSA) is 56.2 Å². The van der Waals surface area contributed by atoms with Crippen LogP contribution in [0.5, 0.6) is 0 Å². The van der Waals surface area contributed by atoms with E-state index in [-0.39, 0.29) is 18.6 Å². The first kappa shape index (κ1) is 16.0. The Morgan fingerprint density at radius 2 is 2.22 bits per heavy atom. The van der Waals surface area contributed by atoms with Crippen molar-refractivity contribution in [2.45, 2.75) is 32.9 Å². The summed E-state index contributed by atoms with van der Waals surface area (Å²) in [6.07, 6.45) is 0.832. The molecule has 3 rings (SSSR count). The summed E-state index contributed by atoms with van der Waals surface area (Å²) in [6.45, 7) is 4.99. The Kier molecular flexibility index (Phi) is 4.68. The van der Waals surface area contributed by atoms with E-state index in [1.807, 2.05) is 26.0 Å². The zero-order valence-corrected chi connectivity index (χ0v) is 14.1. The molecule has 1 amide bonds. The lowest BCUT2D eigenvalue weighted by Gasteiger charge is -2.26. The molecule has 0 bridgehead atoms. The highest BCUT2D eigenvalue weighted by molar-refractivity contribution is 6.31. The highest BCUT2D eigenvalue weighted by atomic mass is 35.5. The lowest BCUT2D eigenvalue weighted by molar-refractivity contribution is -0.122. The number of ether oxygens (including phenoxy) is 1. The van der Waals surface area contributed by atoms with Crippen LogP contribution in [0.4, 0.5) is 0 Å². The third-order valence-corrected chi connectivity index (χ3v) is 4.71. The van der Waals surface area contributed by atoms with E-state index in [0.29, 0.717) is 18.2 Å². The average molecular weight is 334 g/mol. The number of benzene rings is 1. The maximum absolute atomic E-state index is 12.2. The quantitative estimate of drug-likeness (QED) is 0.935. The molecule has 1 atom stereocenters.